The Morgan fingerprint density at radius 3 is 2.54 bits per heavy atom. The second-order valence-corrected chi connectivity index (χ2v) is 9.96. The van der Waals surface area contributed by atoms with Gasteiger partial charge >= 0.3 is 16.1 Å². The molecule has 2 atom stereocenters. The molecule has 14 heteroatoms. The average molecular weight is 533 g/mol. The molecule has 2 saturated heterocycles. The van der Waals surface area contributed by atoms with Crippen LogP contribution in [0.4, 0.5) is 5.69 Å². The Morgan fingerprint density at radius 1 is 1.29 bits per heavy atom. The van der Waals surface area contributed by atoms with E-state index in [1.54, 1.807) is 0 Å². The number of hydrogen-bond acceptors (Lipinski definition) is 10. The van der Waals surface area contributed by atoms with E-state index >= 15 is 0 Å². The van der Waals surface area contributed by atoms with Crippen LogP contribution in [0.25, 0.3) is 0 Å². The Labute approximate surface area is 207 Å². The van der Waals surface area contributed by atoms with Gasteiger partial charge in [-0.15, -0.1) is 0 Å². The molecule has 2 heterocycles. The highest BCUT2D eigenvalue weighted by Crippen LogP contribution is 2.32. The fourth-order valence-electron chi connectivity index (χ4n) is 3.43. The molecule has 0 bridgehead atoms. The third-order valence-electron chi connectivity index (χ3n) is 5.13. The highest BCUT2D eigenvalue weighted by atomic mass is 35.5. The maximum atomic E-state index is 13.0. The number of carbonyl (C=O) groups is 2. The quantitative estimate of drug-likeness (QED) is 0.0478. The number of β-lactam (4-membered cyclic amide) rings is 1. The van der Waals surface area contributed by atoms with Crippen molar-refractivity contribution in [3.05, 3.63) is 51.4 Å². The van der Waals surface area contributed by atoms with Crippen LogP contribution in [-0.4, -0.2) is 61.4 Å². The molecule has 0 spiro atoms. The lowest BCUT2D eigenvalue weighted by atomic mass is 10.1. The van der Waals surface area contributed by atoms with Crippen molar-refractivity contribution in [2.45, 2.75) is 50.5 Å². The Hall–Kier alpha value is -2.74. The van der Waals surface area contributed by atoms with Gasteiger partial charge in [0.25, 0.3) is 5.69 Å². The summed E-state index contributed by atoms with van der Waals surface area (Å²) in [6.45, 7) is 0.196. The number of hydrogen-bond donors (Lipinski definition) is 0. The maximum Gasteiger partial charge on any atom is 0.359 e. The van der Waals surface area contributed by atoms with Crippen molar-refractivity contribution in [3.8, 4) is 0 Å². The fraction of sp³-hybridized carbons (Fsp3) is 0.524. The minimum absolute atomic E-state index is 0.0519. The van der Waals surface area contributed by atoms with E-state index in [1.807, 2.05) is 0 Å². The highest BCUT2D eigenvalue weighted by Gasteiger charge is 2.43. The lowest BCUT2D eigenvalue weighted by Crippen LogP contribution is -2.51. The molecule has 2 aliphatic heterocycles. The molecule has 0 aromatic heterocycles. The third kappa shape index (κ3) is 7.62. The molecule has 1 aromatic carbocycles. The summed E-state index contributed by atoms with van der Waals surface area (Å²) in [6, 6.07) is 5.30. The van der Waals surface area contributed by atoms with Gasteiger partial charge in [-0.2, -0.15) is 8.42 Å². The Kier molecular flexibility index (Phi) is 9.05. The summed E-state index contributed by atoms with van der Waals surface area (Å²) in [7, 11) is -4.09. The summed E-state index contributed by atoms with van der Waals surface area (Å²) in [5.41, 5.74) is -1.04. The van der Waals surface area contributed by atoms with Crippen molar-refractivity contribution in [3.63, 3.8) is 0 Å². The van der Waals surface area contributed by atoms with E-state index in [9.17, 15) is 28.1 Å². The van der Waals surface area contributed by atoms with Crippen molar-refractivity contribution in [1.29, 1.82) is 0 Å². The first-order valence-electron chi connectivity index (χ1n) is 10.8. The van der Waals surface area contributed by atoms with Gasteiger partial charge in [-0.05, 0) is 37.0 Å². The molecule has 1 aromatic rings. The number of halogens is 1. The van der Waals surface area contributed by atoms with Crippen LogP contribution in [0.5, 0.6) is 0 Å². The monoisotopic (exact) mass is 532 g/mol. The minimum atomic E-state index is -4.09. The zero-order valence-electron chi connectivity index (χ0n) is 18.9. The average Bonchev–Trinajstić information content (AvgIpc) is 2.80. The number of carbonyl (C=O) groups excluding carboxylic acids is 2. The first-order chi connectivity index (χ1) is 16.5. The van der Waals surface area contributed by atoms with Crippen molar-refractivity contribution < 1.29 is 41.3 Å². The molecule has 3 rings (SSSR count). The van der Waals surface area contributed by atoms with E-state index < -0.39 is 44.4 Å². The smallest absolute Gasteiger partial charge is 0.359 e. The van der Waals surface area contributed by atoms with Crippen LogP contribution in [0.15, 0.2) is 35.7 Å². The lowest BCUT2D eigenvalue weighted by molar-refractivity contribution is -0.384. The van der Waals surface area contributed by atoms with Gasteiger partial charge in [-0.1, -0.05) is 11.6 Å². The Morgan fingerprint density at radius 2 is 2.00 bits per heavy atom. The van der Waals surface area contributed by atoms with E-state index in [2.05, 4.69) is 0 Å². The number of likely N-dealkylation sites (tertiary alicyclic amines) is 1. The summed E-state index contributed by atoms with van der Waals surface area (Å²) >= 11 is 6.13. The number of esters is 1. The second-order valence-electron chi connectivity index (χ2n) is 7.88. The van der Waals surface area contributed by atoms with Crippen molar-refractivity contribution >= 4 is 39.3 Å². The van der Waals surface area contributed by atoms with E-state index in [0.29, 0.717) is 18.6 Å². The van der Waals surface area contributed by atoms with Gasteiger partial charge in [0.05, 0.1) is 24.2 Å². The normalized spacial score (nSPS) is 21.1. The molecule has 2 aliphatic rings. The molecule has 2 fully saturated rings. The molecule has 192 valence electrons. The third-order valence-corrected chi connectivity index (χ3v) is 5.98. The van der Waals surface area contributed by atoms with Gasteiger partial charge in [-0.25, -0.2) is 4.79 Å². The molecule has 0 saturated carbocycles. The molecule has 12 nitrogen and oxygen atoms in total. The molecule has 0 aliphatic carbocycles. The summed E-state index contributed by atoms with van der Waals surface area (Å²) in [6.07, 6.45) is 2.61. The molecular weight excluding hydrogens is 508 g/mol. The predicted octanol–water partition coefficient (Wildman–Crippen LogP) is 2.56. The zero-order valence-corrected chi connectivity index (χ0v) is 20.5. The summed E-state index contributed by atoms with van der Waals surface area (Å²) in [5, 5.41) is 10.8. The summed E-state index contributed by atoms with van der Waals surface area (Å²) < 4.78 is 45.3. The lowest BCUT2D eigenvalue weighted by Gasteiger charge is -2.37. The maximum absolute atomic E-state index is 13.0. The van der Waals surface area contributed by atoms with E-state index in [1.165, 1.54) is 24.3 Å². The molecular formula is C21H25ClN2O10S. The summed E-state index contributed by atoms with van der Waals surface area (Å²) in [5.74, 6) is -1.91. The molecule has 0 N–H and O–H groups in total. The van der Waals surface area contributed by atoms with Crippen molar-refractivity contribution in [2.75, 3.05) is 19.5 Å². The summed E-state index contributed by atoms with van der Waals surface area (Å²) in [4.78, 5) is 36.4. The Balaban J connectivity index is 1.81. The number of ether oxygens (including phenoxy) is 3. The van der Waals surface area contributed by atoms with Gasteiger partial charge in [-0.3, -0.25) is 19.8 Å². The van der Waals surface area contributed by atoms with Gasteiger partial charge in [0, 0.05) is 25.2 Å². The second kappa shape index (κ2) is 11.8. The zero-order chi connectivity index (χ0) is 25.6. The van der Waals surface area contributed by atoms with Gasteiger partial charge in [0.2, 0.25) is 5.91 Å². The predicted molar refractivity (Wildman–Crippen MR) is 121 cm³/mol. The van der Waals surface area contributed by atoms with Gasteiger partial charge < -0.3 is 18.4 Å². The number of non-ortho nitro benzene ring substituents is 1. The standard InChI is InChI=1S/C21H25ClN2O10S/c1-35(29,30)34-16(9-11-32-19-4-2-3-10-31-19)20(23-17(22)12-18(23)25)21(26)33-13-14-5-7-15(8-6-14)24(27)28/h5-8,17,19H,2-4,9-13H2,1H3. The molecule has 35 heavy (non-hydrogen) atoms. The minimum Gasteiger partial charge on any atom is -0.456 e. The number of amides is 1. The fourth-order valence-corrected chi connectivity index (χ4v) is 4.29. The van der Waals surface area contributed by atoms with E-state index in [4.69, 9.17) is 30.0 Å². The SMILES string of the molecule is CS(=O)(=O)OC(CCOC1CCCCO1)=C(C(=O)OCc1ccc([N+](=O)[O-])cc1)N1C(=O)CC1Cl. The van der Waals surface area contributed by atoms with E-state index in [0.717, 1.165) is 24.0 Å². The number of alkyl halides is 1. The number of benzene rings is 1. The number of nitro benzene ring substituents is 1. The molecule has 0 radical (unpaired) electrons. The molecule has 2 unspecified atom stereocenters. The van der Waals surface area contributed by atoms with Crippen LogP contribution < -0.4 is 0 Å². The number of nitrogens with zero attached hydrogens (tertiary/aromatic N) is 2. The van der Waals surface area contributed by atoms with Crippen LogP contribution in [0, 0.1) is 10.1 Å². The van der Waals surface area contributed by atoms with Gasteiger partial charge in [0.1, 0.15) is 12.1 Å². The van der Waals surface area contributed by atoms with E-state index in [-0.39, 0.29) is 37.5 Å². The van der Waals surface area contributed by atoms with Crippen molar-refractivity contribution in [2.24, 2.45) is 0 Å². The van der Waals surface area contributed by atoms with Crippen molar-refractivity contribution in [1.82, 2.24) is 4.90 Å². The van der Waals surface area contributed by atoms with Crippen LogP contribution in [-0.2, 0) is 44.7 Å². The highest BCUT2D eigenvalue weighted by molar-refractivity contribution is 7.86. The van der Waals surface area contributed by atoms with Crippen LogP contribution in [0.1, 0.15) is 37.7 Å². The first-order valence-corrected chi connectivity index (χ1v) is 13.0. The van der Waals surface area contributed by atoms with Crippen LogP contribution >= 0.6 is 11.6 Å². The van der Waals surface area contributed by atoms with Crippen LogP contribution in [0.3, 0.4) is 0 Å². The Bertz CT molecular complexity index is 1080. The topological polar surface area (TPSA) is 152 Å². The first kappa shape index (κ1) is 26.9. The van der Waals surface area contributed by atoms with Gasteiger partial charge in [0.15, 0.2) is 17.7 Å². The number of rotatable bonds is 11. The number of nitro groups is 1. The molecule has 1 amide bonds. The van der Waals surface area contributed by atoms with Crippen LogP contribution in [0.2, 0.25) is 0 Å². The largest absolute Gasteiger partial charge is 0.456 e.